The first-order valence-corrected chi connectivity index (χ1v) is 11.4. The first-order chi connectivity index (χ1) is 15.7. The average molecular weight is 502 g/mol. The second-order valence-electron chi connectivity index (χ2n) is 7.09. The van der Waals surface area contributed by atoms with Gasteiger partial charge < -0.3 is 10.6 Å². The van der Waals surface area contributed by atoms with Crippen molar-refractivity contribution in [1.82, 2.24) is 14.6 Å². The lowest BCUT2D eigenvalue weighted by molar-refractivity contribution is 0.0988. The fourth-order valence-corrected chi connectivity index (χ4v) is 4.55. The number of aromatic nitrogens is 3. The third-order valence-electron chi connectivity index (χ3n) is 4.72. The number of anilines is 2. The SMILES string of the molecule is CCc1ccc(NC(=O)c2c(C(=O)Nc3cc(Cl)cc(Cl)c3)sc3nc(=O)c(C)nn23)cc1. The molecule has 2 amide bonds. The van der Waals surface area contributed by atoms with Gasteiger partial charge in [-0.25, -0.2) is 0 Å². The number of hydrogen-bond acceptors (Lipinski definition) is 6. The topological polar surface area (TPSA) is 105 Å². The van der Waals surface area contributed by atoms with E-state index in [0.717, 1.165) is 23.3 Å². The van der Waals surface area contributed by atoms with E-state index in [1.807, 2.05) is 19.1 Å². The number of thiazole rings is 1. The Kier molecular flexibility index (Phi) is 6.46. The molecule has 0 radical (unpaired) electrons. The van der Waals surface area contributed by atoms with Crippen molar-refractivity contribution in [2.24, 2.45) is 0 Å². The van der Waals surface area contributed by atoms with Gasteiger partial charge in [-0.3, -0.25) is 14.4 Å². The summed E-state index contributed by atoms with van der Waals surface area (Å²) in [7, 11) is 0. The second-order valence-corrected chi connectivity index (χ2v) is 8.94. The molecule has 0 spiro atoms. The molecule has 8 nitrogen and oxygen atoms in total. The van der Waals surface area contributed by atoms with Crippen LogP contribution in [0.2, 0.25) is 10.0 Å². The normalized spacial score (nSPS) is 10.9. The Labute approximate surface area is 202 Å². The summed E-state index contributed by atoms with van der Waals surface area (Å²) in [6.07, 6.45) is 0.865. The molecular weight excluding hydrogens is 485 g/mol. The molecule has 2 aromatic heterocycles. The Morgan fingerprint density at radius 2 is 1.64 bits per heavy atom. The molecule has 2 N–H and O–H groups in total. The predicted molar refractivity (Wildman–Crippen MR) is 130 cm³/mol. The van der Waals surface area contributed by atoms with Crippen molar-refractivity contribution in [3.63, 3.8) is 0 Å². The summed E-state index contributed by atoms with van der Waals surface area (Å²) in [6.45, 7) is 3.52. The van der Waals surface area contributed by atoms with Gasteiger partial charge in [0.05, 0.1) is 0 Å². The molecule has 168 valence electrons. The van der Waals surface area contributed by atoms with Crippen LogP contribution in [0.5, 0.6) is 0 Å². The number of benzene rings is 2. The van der Waals surface area contributed by atoms with Crippen LogP contribution in [0.1, 0.15) is 38.3 Å². The molecule has 0 saturated heterocycles. The van der Waals surface area contributed by atoms with E-state index in [1.165, 1.54) is 29.6 Å². The van der Waals surface area contributed by atoms with Crippen LogP contribution in [0.15, 0.2) is 47.3 Å². The van der Waals surface area contributed by atoms with Gasteiger partial charge >= 0.3 is 0 Å². The number of nitrogens with one attached hydrogen (secondary N) is 2. The van der Waals surface area contributed by atoms with Crippen LogP contribution < -0.4 is 16.2 Å². The molecule has 0 fully saturated rings. The second kappa shape index (κ2) is 9.30. The zero-order valence-electron chi connectivity index (χ0n) is 17.5. The summed E-state index contributed by atoms with van der Waals surface area (Å²) in [5.41, 5.74) is 1.54. The van der Waals surface area contributed by atoms with Crippen molar-refractivity contribution in [2.45, 2.75) is 20.3 Å². The molecule has 0 bridgehead atoms. The van der Waals surface area contributed by atoms with Crippen molar-refractivity contribution in [3.8, 4) is 0 Å². The quantitative estimate of drug-likeness (QED) is 0.407. The molecule has 33 heavy (non-hydrogen) atoms. The average Bonchev–Trinajstić information content (AvgIpc) is 3.12. The highest BCUT2D eigenvalue weighted by Crippen LogP contribution is 2.26. The molecule has 0 aliphatic carbocycles. The molecular formula is C22H17Cl2N5O3S. The van der Waals surface area contributed by atoms with Crippen molar-refractivity contribution in [1.29, 1.82) is 0 Å². The number of amides is 2. The number of carbonyl (C=O) groups excluding carboxylic acids is 2. The summed E-state index contributed by atoms with van der Waals surface area (Å²) in [6, 6.07) is 11.9. The minimum atomic E-state index is -0.595. The van der Waals surface area contributed by atoms with Crippen LogP contribution in [0.3, 0.4) is 0 Å². The van der Waals surface area contributed by atoms with Crippen LogP contribution in [0.4, 0.5) is 11.4 Å². The van der Waals surface area contributed by atoms with Gasteiger partial charge in [-0.2, -0.15) is 14.6 Å². The summed E-state index contributed by atoms with van der Waals surface area (Å²) < 4.78 is 1.21. The Bertz CT molecular complexity index is 1430. The molecule has 11 heteroatoms. The first kappa shape index (κ1) is 22.9. The lowest BCUT2D eigenvalue weighted by Gasteiger charge is -2.09. The molecule has 0 aliphatic heterocycles. The van der Waals surface area contributed by atoms with Crippen LogP contribution in [0, 0.1) is 6.92 Å². The highest BCUT2D eigenvalue weighted by Gasteiger charge is 2.26. The number of aryl methyl sites for hydroxylation is 2. The molecule has 0 saturated carbocycles. The van der Waals surface area contributed by atoms with Crippen LogP contribution in [-0.4, -0.2) is 26.4 Å². The number of carbonyl (C=O) groups is 2. The Balaban J connectivity index is 1.76. The van der Waals surface area contributed by atoms with E-state index in [0.29, 0.717) is 21.4 Å². The van der Waals surface area contributed by atoms with E-state index in [2.05, 4.69) is 20.7 Å². The molecule has 2 aromatic carbocycles. The minimum Gasteiger partial charge on any atom is -0.321 e. The first-order valence-electron chi connectivity index (χ1n) is 9.83. The molecule has 0 atom stereocenters. The molecule has 4 aromatic rings. The van der Waals surface area contributed by atoms with Gasteiger partial charge in [0.2, 0.25) is 4.96 Å². The van der Waals surface area contributed by atoms with Crippen molar-refractivity contribution in [3.05, 3.63) is 84.7 Å². The minimum absolute atomic E-state index is 0.0266. The number of rotatable bonds is 5. The number of halogens is 2. The van der Waals surface area contributed by atoms with E-state index in [1.54, 1.807) is 12.1 Å². The van der Waals surface area contributed by atoms with Crippen molar-refractivity contribution in [2.75, 3.05) is 10.6 Å². The number of hydrogen-bond donors (Lipinski definition) is 2. The van der Waals surface area contributed by atoms with E-state index in [-0.39, 0.29) is 21.2 Å². The molecule has 2 heterocycles. The standard InChI is InChI=1S/C22H17Cl2N5O3S/c1-3-12-4-6-15(7-5-12)25-20(31)17-18(33-22-27-19(30)11(2)28-29(17)22)21(32)26-16-9-13(23)8-14(24)10-16/h4-10H,3H2,1-2H3,(H,25,31)(H,26,32). The maximum absolute atomic E-state index is 13.2. The summed E-state index contributed by atoms with van der Waals surface area (Å²) >= 11 is 12.9. The number of fused-ring (bicyclic) bond motifs is 1. The van der Waals surface area contributed by atoms with Gasteiger partial charge in [-0.05, 0) is 49.2 Å². The fraction of sp³-hybridized carbons (Fsp3) is 0.136. The van der Waals surface area contributed by atoms with Crippen molar-refractivity contribution < 1.29 is 9.59 Å². The van der Waals surface area contributed by atoms with Gasteiger partial charge in [-0.15, -0.1) is 0 Å². The zero-order valence-corrected chi connectivity index (χ0v) is 19.8. The third-order valence-corrected chi connectivity index (χ3v) is 6.19. The van der Waals surface area contributed by atoms with Crippen molar-refractivity contribution >= 4 is 62.7 Å². The predicted octanol–water partition coefficient (Wildman–Crippen LogP) is 4.83. The maximum Gasteiger partial charge on any atom is 0.295 e. The van der Waals surface area contributed by atoms with Gasteiger partial charge in [0, 0.05) is 21.4 Å². The smallest absolute Gasteiger partial charge is 0.295 e. The highest BCUT2D eigenvalue weighted by atomic mass is 35.5. The molecule has 0 aliphatic rings. The van der Waals surface area contributed by atoms with E-state index >= 15 is 0 Å². The van der Waals surface area contributed by atoms with Gasteiger partial charge in [-0.1, -0.05) is 53.6 Å². The zero-order chi connectivity index (χ0) is 23.7. The van der Waals surface area contributed by atoms with Crippen LogP contribution >= 0.6 is 34.5 Å². The lowest BCUT2D eigenvalue weighted by Crippen LogP contribution is -2.23. The van der Waals surface area contributed by atoms with Crippen LogP contribution in [-0.2, 0) is 6.42 Å². The Hall–Kier alpha value is -3.27. The summed E-state index contributed by atoms with van der Waals surface area (Å²) in [5.74, 6) is -1.17. The highest BCUT2D eigenvalue weighted by molar-refractivity contribution is 7.19. The molecule has 4 rings (SSSR count). The molecule has 0 unspecified atom stereocenters. The third kappa shape index (κ3) is 4.90. The summed E-state index contributed by atoms with van der Waals surface area (Å²) in [5, 5.41) is 10.3. The Morgan fingerprint density at radius 1 is 1.00 bits per heavy atom. The van der Waals surface area contributed by atoms with Gasteiger partial charge in [0.25, 0.3) is 17.4 Å². The monoisotopic (exact) mass is 501 g/mol. The van der Waals surface area contributed by atoms with Gasteiger partial charge in [0.15, 0.2) is 5.69 Å². The Morgan fingerprint density at radius 3 is 2.27 bits per heavy atom. The lowest BCUT2D eigenvalue weighted by atomic mass is 10.1. The summed E-state index contributed by atoms with van der Waals surface area (Å²) in [4.78, 5) is 42.4. The van der Waals surface area contributed by atoms with Gasteiger partial charge in [0.1, 0.15) is 10.6 Å². The maximum atomic E-state index is 13.2. The number of nitrogens with zero attached hydrogens (tertiary/aromatic N) is 3. The fourth-order valence-electron chi connectivity index (χ4n) is 3.08. The van der Waals surface area contributed by atoms with Crippen LogP contribution in [0.25, 0.3) is 4.96 Å². The largest absolute Gasteiger partial charge is 0.321 e. The van der Waals surface area contributed by atoms with E-state index < -0.39 is 17.4 Å². The van der Waals surface area contributed by atoms with E-state index in [9.17, 15) is 14.4 Å². The van der Waals surface area contributed by atoms with E-state index in [4.69, 9.17) is 23.2 Å².